The number of ether oxygens (including phenoxy) is 2. The zero-order valence-electron chi connectivity index (χ0n) is 10.1. The normalized spacial score (nSPS) is 13.1. The molecule has 0 aliphatic carbocycles. The Kier molecular flexibility index (Phi) is 4.47. The second kappa shape index (κ2) is 5.64. The fraction of sp³-hybridized carbons (Fsp3) is 0.538. The third-order valence-electron chi connectivity index (χ3n) is 2.45. The Labute approximate surface area is 92.2 Å². The molecule has 1 aliphatic rings. The van der Waals surface area contributed by atoms with E-state index in [1.165, 1.54) is 11.1 Å². The molecule has 2 nitrogen and oxygen atoms in total. The van der Waals surface area contributed by atoms with E-state index >= 15 is 0 Å². The average molecular weight is 208 g/mol. The number of rotatable bonds is 1. The molecule has 0 radical (unpaired) electrons. The van der Waals surface area contributed by atoms with Crippen molar-refractivity contribution in [2.24, 2.45) is 0 Å². The van der Waals surface area contributed by atoms with Crippen LogP contribution in [-0.4, -0.2) is 13.7 Å². The summed E-state index contributed by atoms with van der Waals surface area (Å²) < 4.78 is 10.9. The van der Waals surface area contributed by atoms with Gasteiger partial charge in [0.05, 0.1) is 13.7 Å². The molecule has 1 aromatic rings. The zero-order valence-corrected chi connectivity index (χ0v) is 10.1. The van der Waals surface area contributed by atoms with Gasteiger partial charge in [0.25, 0.3) is 0 Å². The first-order valence-corrected chi connectivity index (χ1v) is 5.62. The number of aryl methyl sites for hydroxylation is 1. The lowest BCUT2D eigenvalue weighted by atomic mass is 10.0. The minimum Gasteiger partial charge on any atom is -0.496 e. The lowest BCUT2D eigenvalue weighted by Crippen LogP contribution is -2.10. The van der Waals surface area contributed by atoms with Crippen LogP contribution in [0.3, 0.4) is 0 Å². The van der Waals surface area contributed by atoms with Gasteiger partial charge in [-0.1, -0.05) is 19.9 Å². The highest BCUT2D eigenvalue weighted by Gasteiger charge is 2.16. The van der Waals surface area contributed by atoms with E-state index in [0.29, 0.717) is 0 Å². The van der Waals surface area contributed by atoms with E-state index < -0.39 is 0 Å². The minimum atomic E-state index is 0.833. The van der Waals surface area contributed by atoms with E-state index in [0.717, 1.165) is 30.9 Å². The van der Waals surface area contributed by atoms with Crippen LogP contribution in [0.2, 0.25) is 0 Å². The van der Waals surface area contributed by atoms with Crippen LogP contribution in [0.1, 0.15) is 31.4 Å². The Hall–Kier alpha value is -1.18. The SMILES string of the molecule is CC.COc1c(C)ccc2c1CCCO2. The van der Waals surface area contributed by atoms with Gasteiger partial charge >= 0.3 is 0 Å². The Balaban J connectivity index is 0.000000531. The molecule has 0 N–H and O–H groups in total. The molecule has 0 unspecified atom stereocenters. The molecule has 0 aromatic heterocycles. The second-order valence-corrected chi connectivity index (χ2v) is 3.34. The molecule has 1 aliphatic heterocycles. The van der Waals surface area contributed by atoms with Gasteiger partial charge in [-0.25, -0.2) is 0 Å². The summed E-state index contributed by atoms with van der Waals surface area (Å²) in [6.07, 6.45) is 2.16. The van der Waals surface area contributed by atoms with Crippen LogP contribution in [0, 0.1) is 6.92 Å². The first kappa shape index (κ1) is 11.9. The van der Waals surface area contributed by atoms with E-state index in [1.807, 2.05) is 26.0 Å². The maximum atomic E-state index is 5.54. The number of benzene rings is 1. The maximum Gasteiger partial charge on any atom is 0.128 e. The smallest absolute Gasteiger partial charge is 0.128 e. The van der Waals surface area contributed by atoms with Gasteiger partial charge in [0.15, 0.2) is 0 Å². The molecule has 0 atom stereocenters. The molecule has 0 saturated heterocycles. The van der Waals surface area contributed by atoms with Crippen LogP contribution in [0.5, 0.6) is 11.5 Å². The van der Waals surface area contributed by atoms with E-state index in [9.17, 15) is 0 Å². The Morgan fingerprint density at radius 1 is 1.27 bits per heavy atom. The van der Waals surface area contributed by atoms with Crippen molar-refractivity contribution in [1.82, 2.24) is 0 Å². The third kappa shape index (κ3) is 2.44. The molecule has 84 valence electrons. The summed E-state index contributed by atoms with van der Waals surface area (Å²) in [5.41, 5.74) is 2.42. The number of hydrogen-bond acceptors (Lipinski definition) is 2. The molecule has 0 saturated carbocycles. The van der Waals surface area contributed by atoms with Gasteiger partial charge in [-0.3, -0.25) is 0 Å². The molecule has 15 heavy (non-hydrogen) atoms. The quantitative estimate of drug-likeness (QED) is 0.704. The first-order valence-electron chi connectivity index (χ1n) is 5.62. The Morgan fingerprint density at radius 3 is 2.67 bits per heavy atom. The van der Waals surface area contributed by atoms with Crippen molar-refractivity contribution in [1.29, 1.82) is 0 Å². The van der Waals surface area contributed by atoms with Gasteiger partial charge < -0.3 is 9.47 Å². The van der Waals surface area contributed by atoms with Crippen molar-refractivity contribution in [3.63, 3.8) is 0 Å². The molecule has 2 heteroatoms. The molecular formula is C13H20O2. The summed E-state index contributed by atoms with van der Waals surface area (Å²) in [5, 5.41) is 0. The molecule has 1 heterocycles. The van der Waals surface area contributed by atoms with Crippen LogP contribution < -0.4 is 9.47 Å². The summed E-state index contributed by atoms with van der Waals surface area (Å²) in [4.78, 5) is 0. The molecule has 0 spiro atoms. The van der Waals surface area contributed by atoms with Crippen LogP contribution in [-0.2, 0) is 6.42 Å². The van der Waals surface area contributed by atoms with Crippen LogP contribution in [0.25, 0.3) is 0 Å². The van der Waals surface area contributed by atoms with E-state index in [4.69, 9.17) is 9.47 Å². The van der Waals surface area contributed by atoms with Gasteiger partial charge in [0.1, 0.15) is 11.5 Å². The fourth-order valence-electron chi connectivity index (χ4n) is 1.81. The summed E-state index contributed by atoms with van der Waals surface area (Å²) in [6, 6.07) is 4.08. The van der Waals surface area contributed by atoms with Crippen LogP contribution >= 0.6 is 0 Å². The lowest BCUT2D eigenvalue weighted by Gasteiger charge is -2.20. The summed E-state index contributed by atoms with van der Waals surface area (Å²) >= 11 is 0. The maximum absolute atomic E-state index is 5.54. The van der Waals surface area contributed by atoms with Crippen LogP contribution in [0.4, 0.5) is 0 Å². The van der Waals surface area contributed by atoms with Gasteiger partial charge in [-0.05, 0) is 31.4 Å². The van der Waals surface area contributed by atoms with Crippen molar-refractivity contribution in [2.75, 3.05) is 13.7 Å². The van der Waals surface area contributed by atoms with E-state index in [2.05, 4.69) is 6.92 Å². The average Bonchev–Trinajstić information content (AvgIpc) is 2.32. The molecule has 0 fully saturated rings. The third-order valence-corrected chi connectivity index (χ3v) is 2.45. The van der Waals surface area contributed by atoms with Crippen molar-refractivity contribution >= 4 is 0 Å². The van der Waals surface area contributed by atoms with Gasteiger partial charge in [-0.2, -0.15) is 0 Å². The van der Waals surface area contributed by atoms with E-state index in [1.54, 1.807) is 7.11 Å². The fourth-order valence-corrected chi connectivity index (χ4v) is 1.81. The standard InChI is InChI=1S/C11H14O2.C2H6/c1-8-5-6-10-9(11(8)12-2)4-3-7-13-10;1-2/h5-6H,3-4,7H2,1-2H3;1-2H3. The predicted molar refractivity (Wildman–Crippen MR) is 62.9 cm³/mol. The molecule has 1 aromatic carbocycles. The Morgan fingerprint density at radius 2 is 2.00 bits per heavy atom. The minimum absolute atomic E-state index is 0.833. The van der Waals surface area contributed by atoms with Crippen molar-refractivity contribution < 1.29 is 9.47 Å². The van der Waals surface area contributed by atoms with Crippen molar-refractivity contribution in [3.05, 3.63) is 23.3 Å². The monoisotopic (exact) mass is 208 g/mol. The largest absolute Gasteiger partial charge is 0.496 e. The van der Waals surface area contributed by atoms with Gasteiger partial charge in [0, 0.05) is 5.56 Å². The highest BCUT2D eigenvalue weighted by atomic mass is 16.5. The van der Waals surface area contributed by atoms with E-state index in [-0.39, 0.29) is 0 Å². The number of methoxy groups -OCH3 is 1. The molecule has 0 amide bonds. The highest BCUT2D eigenvalue weighted by Crippen LogP contribution is 2.35. The zero-order chi connectivity index (χ0) is 11.3. The van der Waals surface area contributed by atoms with Gasteiger partial charge in [-0.15, -0.1) is 0 Å². The van der Waals surface area contributed by atoms with Crippen molar-refractivity contribution in [2.45, 2.75) is 33.6 Å². The predicted octanol–water partition coefficient (Wildman–Crippen LogP) is 3.35. The summed E-state index contributed by atoms with van der Waals surface area (Å²) in [5.74, 6) is 1.99. The van der Waals surface area contributed by atoms with Crippen molar-refractivity contribution in [3.8, 4) is 11.5 Å². The summed E-state index contributed by atoms with van der Waals surface area (Å²) in [7, 11) is 1.72. The summed E-state index contributed by atoms with van der Waals surface area (Å²) in [6.45, 7) is 6.90. The Bertz CT molecular complexity index is 319. The molecule has 2 rings (SSSR count). The number of fused-ring (bicyclic) bond motifs is 1. The lowest BCUT2D eigenvalue weighted by molar-refractivity contribution is 0.282. The van der Waals surface area contributed by atoms with Gasteiger partial charge in [0.2, 0.25) is 0 Å². The highest BCUT2D eigenvalue weighted by molar-refractivity contribution is 5.50. The molecule has 0 bridgehead atoms. The number of hydrogen-bond donors (Lipinski definition) is 0. The molecular weight excluding hydrogens is 188 g/mol. The second-order valence-electron chi connectivity index (χ2n) is 3.34. The van der Waals surface area contributed by atoms with Crippen LogP contribution in [0.15, 0.2) is 12.1 Å². The first-order chi connectivity index (χ1) is 7.33. The topological polar surface area (TPSA) is 18.5 Å².